The van der Waals surface area contributed by atoms with Crippen molar-refractivity contribution in [2.24, 2.45) is 0 Å². The summed E-state index contributed by atoms with van der Waals surface area (Å²) >= 11 is 11.6. The fourth-order valence-electron chi connectivity index (χ4n) is 1.02. The van der Waals surface area contributed by atoms with Crippen molar-refractivity contribution in [3.63, 3.8) is 0 Å². The second kappa shape index (κ2) is 4.53. The molecule has 14 heavy (non-hydrogen) atoms. The fourth-order valence-corrected chi connectivity index (χ4v) is 1.51. The first kappa shape index (κ1) is 11.1. The summed E-state index contributed by atoms with van der Waals surface area (Å²) in [5.41, 5.74) is 0.477. The van der Waals surface area contributed by atoms with E-state index in [2.05, 4.69) is 0 Å². The van der Waals surface area contributed by atoms with Crippen LogP contribution in [-0.4, -0.2) is 18.2 Å². The first-order chi connectivity index (χ1) is 6.54. The molecular formula is C9H8Cl2O3. The van der Waals surface area contributed by atoms with E-state index in [1.54, 1.807) is 0 Å². The molecular weight excluding hydrogens is 227 g/mol. The number of ether oxygens (including phenoxy) is 1. The standard InChI is InChI=1S/C9H8Cl2O3/c1-14-8-4-6(10)5(2-7(8)11)3-9(12)13/h2,4H,3H2,1H3,(H,12,13). The predicted molar refractivity (Wildman–Crippen MR) is 54.4 cm³/mol. The maximum Gasteiger partial charge on any atom is 0.307 e. The molecule has 0 aliphatic carbocycles. The molecule has 1 aromatic carbocycles. The van der Waals surface area contributed by atoms with E-state index in [0.29, 0.717) is 21.4 Å². The second-order valence-corrected chi connectivity index (χ2v) is 3.46. The Bertz CT molecular complexity index is 363. The lowest BCUT2D eigenvalue weighted by Crippen LogP contribution is -2.01. The largest absolute Gasteiger partial charge is 0.495 e. The maximum absolute atomic E-state index is 10.5. The highest BCUT2D eigenvalue weighted by Crippen LogP contribution is 2.31. The third-order valence-electron chi connectivity index (χ3n) is 1.66. The molecule has 1 rings (SSSR count). The molecule has 0 saturated carbocycles. The van der Waals surface area contributed by atoms with Crippen molar-refractivity contribution in [1.29, 1.82) is 0 Å². The molecule has 0 amide bonds. The molecule has 0 bridgehead atoms. The first-order valence-corrected chi connectivity index (χ1v) is 4.54. The van der Waals surface area contributed by atoms with Gasteiger partial charge in [0.25, 0.3) is 0 Å². The topological polar surface area (TPSA) is 46.5 Å². The predicted octanol–water partition coefficient (Wildman–Crippen LogP) is 2.63. The van der Waals surface area contributed by atoms with E-state index >= 15 is 0 Å². The van der Waals surface area contributed by atoms with Gasteiger partial charge in [-0.2, -0.15) is 0 Å². The molecule has 0 aromatic heterocycles. The van der Waals surface area contributed by atoms with E-state index in [1.807, 2.05) is 0 Å². The van der Waals surface area contributed by atoms with Crippen LogP contribution in [0.5, 0.6) is 5.75 Å². The third kappa shape index (κ3) is 2.53. The summed E-state index contributed by atoms with van der Waals surface area (Å²) < 4.78 is 4.92. The molecule has 3 nitrogen and oxygen atoms in total. The van der Waals surface area contributed by atoms with Gasteiger partial charge in [0, 0.05) is 11.1 Å². The third-order valence-corrected chi connectivity index (χ3v) is 2.31. The molecule has 0 aliphatic heterocycles. The van der Waals surface area contributed by atoms with Crippen LogP contribution in [0, 0.1) is 0 Å². The Kier molecular flexibility index (Phi) is 3.61. The number of methoxy groups -OCH3 is 1. The molecule has 0 saturated heterocycles. The molecule has 5 heteroatoms. The van der Waals surface area contributed by atoms with Gasteiger partial charge < -0.3 is 9.84 Å². The minimum absolute atomic E-state index is 0.150. The smallest absolute Gasteiger partial charge is 0.307 e. The monoisotopic (exact) mass is 234 g/mol. The van der Waals surface area contributed by atoms with E-state index in [1.165, 1.54) is 19.2 Å². The number of benzene rings is 1. The minimum Gasteiger partial charge on any atom is -0.495 e. The van der Waals surface area contributed by atoms with Gasteiger partial charge >= 0.3 is 5.97 Å². The summed E-state index contributed by atoms with van der Waals surface area (Å²) in [6.07, 6.45) is -0.150. The molecule has 0 aliphatic rings. The molecule has 0 fully saturated rings. The van der Waals surface area contributed by atoms with Gasteiger partial charge in [0.2, 0.25) is 0 Å². The van der Waals surface area contributed by atoms with Gasteiger partial charge in [-0.3, -0.25) is 4.79 Å². The van der Waals surface area contributed by atoms with Gasteiger partial charge in [-0.1, -0.05) is 23.2 Å². The summed E-state index contributed by atoms with van der Waals surface area (Å²) in [5, 5.41) is 9.27. The Balaban J connectivity index is 3.08. The fraction of sp³-hybridized carbons (Fsp3) is 0.222. The lowest BCUT2D eigenvalue weighted by atomic mass is 10.1. The van der Waals surface area contributed by atoms with Crippen molar-refractivity contribution < 1.29 is 14.6 Å². The minimum atomic E-state index is -0.951. The first-order valence-electron chi connectivity index (χ1n) is 3.78. The SMILES string of the molecule is COc1cc(Cl)c(CC(=O)O)cc1Cl. The average molecular weight is 235 g/mol. The van der Waals surface area contributed by atoms with Crippen molar-refractivity contribution in [3.8, 4) is 5.75 Å². The van der Waals surface area contributed by atoms with E-state index in [9.17, 15) is 4.79 Å². The van der Waals surface area contributed by atoms with Crippen molar-refractivity contribution in [2.45, 2.75) is 6.42 Å². The van der Waals surface area contributed by atoms with Crippen LogP contribution in [0.2, 0.25) is 10.0 Å². The highest BCUT2D eigenvalue weighted by Gasteiger charge is 2.10. The van der Waals surface area contributed by atoms with Crippen LogP contribution >= 0.6 is 23.2 Å². The molecule has 1 aromatic rings. The van der Waals surface area contributed by atoms with Crippen molar-refractivity contribution in [2.75, 3.05) is 7.11 Å². The number of rotatable bonds is 3. The number of aliphatic carboxylic acids is 1. The Labute approximate surface area is 91.2 Å². The molecule has 0 heterocycles. The number of carbonyl (C=O) groups is 1. The van der Waals surface area contributed by atoms with Gasteiger partial charge in [0.15, 0.2) is 0 Å². The zero-order chi connectivity index (χ0) is 10.7. The Morgan fingerprint density at radius 2 is 2.07 bits per heavy atom. The molecule has 1 N–H and O–H groups in total. The summed E-state index contributed by atoms with van der Waals surface area (Å²) in [6, 6.07) is 3.00. The number of carboxylic acid groups (broad SMARTS) is 1. The molecule has 76 valence electrons. The molecule has 0 unspecified atom stereocenters. The van der Waals surface area contributed by atoms with Crippen LogP contribution in [0.4, 0.5) is 0 Å². The lowest BCUT2D eigenvalue weighted by molar-refractivity contribution is -0.136. The lowest BCUT2D eigenvalue weighted by Gasteiger charge is -2.06. The van der Waals surface area contributed by atoms with Crippen LogP contribution in [0.3, 0.4) is 0 Å². The van der Waals surface area contributed by atoms with Crippen molar-refractivity contribution in [3.05, 3.63) is 27.7 Å². The summed E-state index contributed by atoms with van der Waals surface area (Å²) in [6.45, 7) is 0. The number of carboxylic acids is 1. The van der Waals surface area contributed by atoms with Gasteiger partial charge in [-0.05, 0) is 11.6 Å². The average Bonchev–Trinajstić information content (AvgIpc) is 2.10. The zero-order valence-corrected chi connectivity index (χ0v) is 8.89. The van der Waals surface area contributed by atoms with E-state index in [-0.39, 0.29) is 6.42 Å². The van der Waals surface area contributed by atoms with E-state index in [0.717, 1.165) is 0 Å². The second-order valence-electron chi connectivity index (χ2n) is 2.65. The quantitative estimate of drug-likeness (QED) is 0.875. The number of hydrogen-bond donors (Lipinski definition) is 1. The number of hydrogen-bond acceptors (Lipinski definition) is 2. The summed E-state index contributed by atoms with van der Waals surface area (Å²) in [7, 11) is 1.47. The maximum atomic E-state index is 10.5. The molecule has 0 spiro atoms. The summed E-state index contributed by atoms with van der Waals surface area (Å²) in [4.78, 5) is 10.5. The van der Waals surface area contributed by atoms with Gasteiger partial charge in [-0.25, -0.2) is 0 Å². The van der Waals surface area contributed by atoms with E-state index in [4.69, 9.17) is 33.0 Å². The zero-order valence-electron chi connectivity index (χ0n) is 7.38. The number of halogens is 2. The van der Waals surface area contributed by atoms with Gasteiger partial charge in [0.05, 0.1) is 18.6 Å². The van der Waals surface area contributed by atoms with E-state index < -0.39 is 5.97 Å². The van der Waals surface area contributed by atoms with Crippen LogP contribution in [0.25, 0.3) is 0 Å². The van der Waals surface area contributed by atoms with Gasteiger partial charge in [-0.15, -0.1) is 0 Å². The van der Waals surface area contributed by atoms with Crippen LogP contribution < -0.4 is 4.74 Å². The van der Waals surface area contributed by atoms with Crippen LogP contribution in [-0.2, 0) is 11.2 Å². The van der Waals surface area contributed by atoms with Crippen LogP contribution in [0.1, 0.15) is 5.56 Å². The Morgan fingerprint density at radius 1 is 1.43 bits per heavy atom. The van der Waals surface area contributed by atoms with Crippen LogP contribution in [0.15, 0.2) is 12.1 Å². The Hall–Kier alpha value is -0.930. The highest BCUT2D eigenvalue weighted by molar-refractivity contribution is 6.34. The highest BCUT2D eigenvalue weighted by atomic mass is 35.5. The van der Waals surface area contributed by atoms with Gasteiger partial charge in [0.1, 0.15) is 5.75 Å². The van der Waals surface area contributed by atoms with Crippen molar-refractivity contribution >= 4 is 29.2 Å². The Morgan fingerprint density at radius 3 is 2.57 bits per heavy atom. The normalized spacial score (nSPS) is 9.93. The van der Waals surface area contributed by atoms with Crippen molar-refractivity contribution in [1.82, 2.24) is 0 Å². The molecule has 0 radical (unpaired) electrons. The molecule has 0 atom stereocenters. The summed E-state index contributed by atoms with van der Waals surface area (Å²) in [5.74, 6) is -0.515.